The van der Waals surface area contributed by atoms with Crippen molar-refractivity contribution in [1.29, 1.82) is 0 Å². The van der Waals surface area contributed by atoms with E-state index in [1.54, 1.807) is 13.2 Å². The average molecular weight is 328 g/mol. The lowest BCUT2D eigenvalue weighted by atomic mass is 10.1. The molecular formula is C18H20N2O4. The van der Waals surface area contributed by atoms with Crippen LogP contribution in [0.2, 0.25) is 0 Å². The molecule has 0 saturated carbocycles. The second-order valence-corrected chi connectivity index (χ2v) is 5.49. The number of amides is 1. The Kier molecular flexibility index (Phi) is 4.69. The zero-order valence-corrected chi connectivity index (χ0v) is 13.7. The van der Waals surface area contributed by atoms with Gasteiger partial charge in [-0.25, -0.2) is 0 Å². The molecular weight excluding hydrogens is 308 g/mol. The van der Waals surface area contributed by atoms with Crippen molar-refractivity contribution in [2.24, 2.45) is 5.73 Å². The van der Waals surface area contributed by atoms with E-state index in [1.807, 2.05) is 30.3 Å². The van der Waals surface area contributed by atoms with Crippen LogP contribution in [-0.4, -0.2) is 32.8 Å². The number of nitrogens with two attached hydrogens (primary N) is 1. The molecule has 0 aliphatic carbocycles. The quantitative estimate of drug-likeness (QED) is 0.726. The number of benzene rings is 2. The predicted octanol–water partition coefficient (Wildman–Crippen LogP) is 2.90. The van der Waals surface area contributed by atoms with Gasteiger partial charge in [-0.05, 0) is 12.1 Å². The first-order valence-corrected chi connectivity index (χ1v) is 7.68. The first-order valence-electron chi connectivity index (χ1n) is 7.68. The fourth-order valence-corrected chi connectivity index (χ4v) is 2.69. The summed E-state index contributed by atoms with van der Waals surface area (Å²) in [5, 5.41) is 4.79. The number of ether oxygens (including phenoxy) is 2. The molecule has 1 amide bonds. The predicted molar refractivity (Wildman–Crippen MR) is 93.4 cm³/mol. The Morgan fingerprint density at radius 2 is 2.00 bits per heavy atom. The molecule has 1 aromatic heterocycles. The minimum atomic E-state index is -0.314. The number of methoxy groups -OCH3 is 2. The third-order valence-corrected chi connectivity index (χ3v) is 3.98. The van der Waals surface area contributed by atoms with E-state index in [1.165, 1.54) is 7.11 Å². The third kappa shape index (κ3) is 3.06. The molecule has 24 heavy (non-hydrogen) atoms. The Morgan fingerprint density at radius 3 is 2.71 bits per heavy atom. The molecule has 2 aromatic carbocycles. The van der Waals surface area contributed by atoms with Crippen molar-refractivity contribution in [3.63, 3.8) is 0 Å². The van der Waals surface area contributed by atoms with Crippen molar-refractivity contribution in [3.05, 3.63) is 36.4 Å². The summed E-state index contributed by atoms with van der Waals surface area (Å²) in [4.78, 5) is 12.2. The van der Waals surface area contributed by atoms with Crippen LogP contribution in [0.15, 0.2) is 40.8 Å². The lowest BCUT2D eigenvalue weighted by Gasteiger charge is -2.14. The molecule has 3 aromatic rings. The van der Waals surface area contributed by atoms with Gasteiger partial charge in [0.15, 0.2) is 0 Å². The number of furan rings is 1. The number of anilines is 1. The number of hydrogen-bond acceptors (Lipinski definition) is 5. The molecule has 0 aliphatic rings. The largest absolute Gasteiger partial charge is 0.495 e. The zero-order valence-electron chi connectivity index (χ0n) is 13.7. The number of carbonyl (C=O) groups excluding carboxylic acids is 1. The van der Waals surface area contributed by atoms with Crippen LogP contribution in [0.1, 0.15) is 6.42 Å². The lowest BCUT2D eigenvalue weighted by molar-refractivity contribution is -0.118. The van der Waals surface area contributed by atoms with Crippen LogP contribution in [-0.2, 0) is 9.53 Å². The topological polar surface area (TPSA) is 86.7 Å². The Bertz CT molecular complexity index is 868. The third-order valence-electron chi connectivity index (χ3n) is 3.98. The van der Waals surface area contributed by atoms with Crippen molar-refractivity contribution >= 4 is 33.5 Å². The molecule has 0 spiro atoms. The van der Waals surface area contributed by atoms with Crippen molar-refractivity contribution in [2.45, 2.75) is 12.5 Å². The van der Waals surface area contributed by atoms with E-state index in [4.69, 9.17) is 19.6 Å². The van der Waals surface area contributed by atoms with Crippen molar-refractivity contribution < 1.29 is 18.7 Å². The van der Waals surface area contributed by atoms with Crippen LogP contribution < -0.4 is 15.8 Å². The van der Waals surface area contributed by atoms with Gasteiger partial charge < -0.3 is 24.9 Å². The van der Waals surface area contributed by atoms with Crippen molar-refractivity contribution in [1.82, 2.24) is 0 Å². The van der Waals surface area contributed by atoms with E-state index < -0.39 is 0 Å². The molecule has 1 unspecified atom stereocenters. The maximum atomic E-state index is 12.2. The van der Waals surface area contributed by atoms with E-state index in [9.17, 15) is 4.79 Å². The first-order chi connectivity index (χ1) is 11.7. The highest BCUT2D eigenvalue weighted by Gasteiger charge is 2.16. The van der Waals surface area contributed by atoms with E-state index in [0.29, 0.717) is 17.0 Å². The molecule has 1 atom stereocenters. The molecule has 6 heteroatoms. The molecule has 0 radical (unpaired) electrons. The number of nitrogens with one attached hydrogen (secondary N) is 1. The summed E-state index contributed by atoms with van der Waals surface area (Å²) in [7, 11) is 3.10. The molecule has 1 heterocycles. The summed E-state index contributed by atoms with van der Waals surface area (Å²) in [6.07, 6.45) is -0.139. The van der Waals surface area contributed by atoms with Gasteiger partial charge in [-0.15, -0.1) is 0 Å². The maximum Gasteiger partial charge on any atom is 0.227 e. The van der Waals surface area contributed by atoms with Crippen LogP contribution in [0, 0.1) is 0 Å². The number of hydrogen-bond donors (Lipinski definition) is 2. The number of fused-ring (bicyclic) bond motifs is 3. The van der Waals surface area contributed by atoms with Crippen molar-refractivity contribution in [2.75, 3.05) is 26.1 Å². The Hall–Kier alpha value is -2.57. The molecule has 0 saturated heterocycles. The highest BCUT2D eigenvalue weighted by molar-refractivity contribution is 6.07. The van der Waals surface area contributed by atoms with Gasteiger partial charge in [0.25, 0.3) is 0 Å². The summed E-state index contributed by atoms with van der Waals surface area (Å²) in [5.41, 5.74) is 7.59. The van der Waals surface area contributed by atoms with Gasteiger partial charge in [-0.1, -0.05) is 18.2 Å². The summed E-state index contributed by atoms with van der Waals surface area (Å²) >= 11 is 0. The van der Waals surface area contributed by atoms with Gasteiger partial charge in [0.05, 0.1) is 25.3 Å². The van der Waals surface area contributed by atoms with Gasteiger partial charge in [0, 0.05) is 30.5 Å². The molecule has 0 fully saturated rings. The summed E-state index contributed by atoms with van der Waals surface area (Å²) < 4.78 is 16.4. The van der Waals surface area contributed by atoms with E-state index >= 15 is 0 Å². The summed E-state index contributed by atoms with van der Waals surface area (Å²) in [5.74, 6) is 0.380. The number of para-hydroxylation sites is 1. The Morgan fingerprint density at radius 1 is 1.21 bits per heavy atom. The highest BCUT2D eigenvalue weighted by atomic mass is 16.5. The van der Waals surface area contributed by atoms with Crippen LogP contribution in [0.25, 0.3) is 21.9 Å². The number of carbonyl (C=O) groups is 1. The number of rotatable bonds is 6. The minimum absolute atomic E-state index is 0.175. The standard InChI is InChI=1S/C18H20N2O4/c1-22-11(10-19)7-18(21)20-14-9-16-13(8-17(14)23-2)12-5-3-4-6-15(12)24-16/h3-6,8-9,11H,7,10,19H2,1-2H3,(H,20,21). The Labute approximate surface area is 139 Å². The summed E-state index contributed by atoms with van der Waals surface area (Å²) in [6.45, 7) is 0.281. The van der Waals surface area contributed by atoms with Crippen LogP contribution in [0.4, 0.5) is 5.69 Å². The SMILES string of the molecule is COc1cc2c(cc1NC(=O)CC(CN)OC)oc1ccccc12. The molecule has 6 nitrogen and oxygen atoms in total. The normalized spacial score (nSPS) is 12.5. The molecule has 0 bridgehead atoms. The van der Waals surface area contributed by atoms with Gasteiger partial charge in [-0.2, -0.15) is 0 Å². The van der Waals surface area contributed by atoms with Crippen molar-refractivity contribution in [3.8, 4) is 5.75 Å². The van der Waals surface area contributed by atoms with Gasteiger partial charge >= 0.3 is 0 Å². The van der Waals surface area contributed by atoms with E-state index in [0.717, 1.165) is 16.4 Å². The van der Waals surface area contributed by atoms with Crippen LogP contribution in [0.5, 0.6) is 5.75 Å². The summed E-state index contributed by atoms with van der Waals surface area (Å²) in [6, 6.07) is 11.4. The minimum Gasteiger partial charge on any atom is -0.495 e. The van der Waals surface area contributed by atoms with Crippen LogP contribution in [0.3, 0.4) is 0 Å². The van der Waals surface area contributed by atoms with E-state index in [-0.39, 0.29) is 25.0 Å². The molecule has 0 aliphatic heterocycles. The average Bonchev–Trinajstić information content (AvgIpc) is 2.96. The highest BCUT2D eigenvalue weighted by Crippen LogP contribution is 2.36. The zero-order chi connectivity index (χ0) is 17.1. The molecule has 126 valence electrons. The maximum absolute atomic E-state index is 12.2. The fourth-order valence-electron chi connectivity index (χ4n) is 2.69. The van der Waals surface area contributed by atoms with E-state index in [2.05, 4.69) is 5.32 Å². The second-order valence-electron chi connectivity index (χ2n) is 5.49. The first kappa shape index (κ1) is 16.3. The van der Waals surface area contributed by atoms with Gasteiger partial charge in [-0.3, -0.25) is 4.79 Å². The lowest BCUT2D eigenvalue weighted by Crippen LogP contribution is -2.28. The van der Waals surface area contributed by atoms with Gasteiger partial charge in [0.1, 0.15) is 16.9 Å². The second kappa shape index (κ2) is 6.90. The Balaban J connectivity index is 1.95. The monoisotopic (exact) mass is 328 g/mol. The van der Waals surface area contributed by atoms with Gasteiger partial charge in [0.2, 0.25) is 5.91 Å². The smallest absolute Gasteiger partial charge is 0.227 e. The fraction of sp³-hybridized carbons (Fsp3) is 0.278. The molecule has 3 rings (SSSR count). The van der Waals surface area contributed by atoms with Crippen LogP contribution >= 0.6 is 0 Å². The molecule has 3 N–H and O–H groups in total.